The third kappa shape index (κ3) is 1.94. The van der Waals surface area contributed by atoms with Gasteiger partial charge in [-0.05, 0) is 18.3 Å². The Hall–Kier alpha value is -1.19. The molecule has 0 radical (unpaired) electrons. The maximum Gasteiger partial charge on any atom is 0.173 e. The number of nitrogens with zero attached hydrogens (tertiary/aromatic N) is 3. The van der Waals surface area contributed by atoms with Crippen LogP contribution in [0.3, 0.4) is 0 Å². The van der Waals surface area contributed by atoms with Crippen LogP contribution in [0.1, 0.15) is 20.3 Å². The molecule has 1 aliphatic rings. The van der Waals surface area contributed by atoms with Gasteiger partial charge < -0.3 is 10.6 Å². The van der Waals surface area contributed by atoms with Crippen molar-refractivity contribution in [2.75, 3.05) is 23.7 Å². The van der Waals surface area contributed by atoms with Crippen molar-refractivity contribution >= 4 is 11.5 Å². The SMILES string of the molecule is CC1CCN(c2nn(C)cc2N)CC1C. The maximum absolute atomic E-state index is 5.93. The molecule has 1 aromatic heterocycles. The molecular formula is C11H20N4. The van der Waals surface area contributed by atoms with Gasteiger partial charge in [-0.25, -0.2) is 0 Å². The molecule has 4 nitrogen and oxygen atoms in total. The molecule has 4 heteroatoms. The van der Waals surface area contributed by atoms with Crippen molar-refractivity contribution < 1.29 is 0 Å². The van der Waals surface area contributed by atoms with E-state index in [1.807, 2.05) is 13.2 Å². The van der Waals surface area contributed by atoms with Gasteiger partial charge in [0.1, 0.15) is 0 Å². The Morgan fingerprint density at radius 1 is 1.40 bits per heavy atom. The summed E-state index contributed by atoms with van der Waals surface area (Å²) in [5.41, 5.74) is 6.72. The van der Waals surface area contributed by atoms with E-state index in [0.29, 0.717) is 0 Å². The van der Waals surface area contributed by atoms with E-state index in [0.717, 1.165) is 36.4 Å². The highest BCUT2D eigenvalue weighted by Crippen LogP contribution is 2.28. The smallest absolute Gasteiger partial charge is 0.173 e. The van der Waals surface area contributed by atoms with Crippen LogP contribution in [0, 0.1) is 11.8 Å². The quantitative estimate of drug-likeness (QED) is 0.760. The lowest BCUT2D eigenvalue weighted by atomic mass is 9.89. The molecule has 1 saturated heterocycles. The second-order valence-electron chi connectivity index (χ2n) is 4.77. The van der Waals surface area contributed by atoms with Gasteiger partial charge in [-0.1, -0.05) is 13.8 Å². The zero-order valence-electron chi connectivity index (χ0n) is 9.77. The van der Waals surface area contributed by atoms with Gasteiger partial charge in [0.05, 0.1) is 5.69 Å². The molecule has 0 bridgehead atoms. The standard InChI is InChI=1S/C11H20N4/c1-8-4-5-15(6-9(8)2)11-10(12)7-14(3)13-11/h7-9H,4-6,12H2,1-3H3. The molecule has 1 fully saturated rings. The Kier molecular flexibility index (Phi) is 2.59. The fraction of sp³-hybridized carbons (Fsp3) is 0.727. The molecule has 2 rings (SSSR count). The van der Waals surface area contributed by atoms with Crippen LogP contribution >= 0.6 is 0 Å². The normalized spacial score (nSPS) is 27.0. The molecular weight excluding hydrogens is 188 g/mol. The molecule has 0 spiro atoms. The van der Waals surface area contributed by atoms with Gasteiger partial charge in [0, 0.05) is 26.3 Å². The average Bonchev–Trinajstić information content (AvgIpc) is 2.50. The number of hydrogen-bond acceptors (Lipinski definition) is 3. The first-order valence-electron chi connectivity index (χ1n) is 5.62. The Morgan fingerprint density at radius 3 is 2.67 bits per heavy atom. The first kappa shape index (κ1) is 10.3. The summed E-state index contributed by atoms with van der Waals surface area (Å²) >= 11 is 0. The van der Waals surface area contributed by atoms with E-state index < -0.39 is 0 Å². The minimum absolute atomic E-state index is 0.722. The number of aromatic nitrogens is 2. The first-order chi connectivity index (χ1) is 7.08. The fourth-order valence-corrected chi connectivity index (χ4v) is 2.20. The number of nitrogens with two attached hydrogens (primary N) is 1. The van der Waals surface area contributed by atoms with E-state index in [2.05, 4.69) is 23.8 Å². The minimum atomic E-state index is 0.722. The lowest BCUT2D eigenvalue weighted by molar-refractivity contribution is 0.322. The van der Waals surface area contributed by atoms with E-state index in [4.69, 9.17) is 5.73 Å². The predicted octanol–water partition coefficient (Wildman–Crippen LogP) is 1.48. The molecule has 84 valence electrons. The summed E-state index contributed by atoms with van der Waals surface area (Å²) in [4.78, 5) is 2.31. The van der Waals surface area contributed by atoms with Crippen LogP contribution in [-0.4, -0.2) is 22.9 Å². The monoisotopic (exact) mass is 208 g/mol. The van der Waals surface area contributed by atoms with Gasteiger partial charge in [-0.15, -0.1) is 0 Å². The van der Waals surface area contributed by atoms with Crippen LogP contribution in [0.15, 0.2) is 6.20 Å². The zero-order chi connectivity index (χ0) is 11.0. The van der Waals surface area contributed by atoms with Gasteiger partial charge in [-0.3, -0.25) is 4.68 Å². The molecule has 0 aliphatic carbocycles. The topological polar surface area (TPSA) is 47.1 Å². The van der Waals surface area contributed by atoms with Gasteiger partial charge in [0.15, 0.2) is 5.82 Å². The highest BCUT2D eigenvalue weighted by Gasteiger charge is 2.25. The molecule has 1 aromatic rings. The number of rotatable bonds is 1. The predicted molar refractivity (Wildman–Crippen MR) is 62.8 cm³/mol. The summed E-state index contributed by atoms with van der Waals surface area (Å²) in [5.74, 6) is 2.49. The van der Waals surface area contributed by atoms with Gasteiger partial charge >= 0.3 is 0 Å². The van der Waals surface area contributed by atoms with Crippen molar-refractivity contribution in [3.63, 3.8) is 0 Å². The number of hydrogen-bond donors (Lipinski definition) is 1. The van der Waals surface area contributed by atoms with Crippen molar-refractivity contribution in [3.05, 3.63) is 6.20 Å². The van der Waals surface area contributed by atoms with Crippen LogP contribution in [0.5, 0.6) is 0 Å². The number of anilines is 2. The third-order valence-corrected chi connectivity index (χ3v) is 3.47. The van der Waals surface area contributed by atoms with E-state index in [9.17, 15) is 0 Å². The molecule has 2 N–H and O–H groups in total. The number of nitrogen functional groups attached to an aromatic ring is 1. The van der Waals surface area contributed by atoms with Crippen molar-refractivity contribution in [3.8, 4) is 0 Å². The minimum Gasteiger partial charge on any atom is -0.394 e. The van der Waals surface area contributed by atoms with E-state index in [-0.39, 0.29) is 0 Å². The fourth-order valence-electron chi connectivity index (χ4n) is 2.20. The largest absolute Gasteiger partial charge is 0.394 e. The Morgan fingerprint density at radius 2 is 2.13 bits per heavy atom. The third-order valence-electron chi connectivity index (χ3n) is 3.47. The maximum atomic E-state index is 5.93. The lowest BCUT2D eigenvalue weighted by Gasteiger charge is -2.35. The van der Waals surface area contributed by atoms with Gasteiger partial charge in [0.2, 0.25) is 0 Å². The Balaban J connectivity index is 2.15. The summed E-state index contributed by atoms with van der Waals surface area (Å²) < 4.78 is 1.79. The van der Waals surface area contributed by atoms with Crippen molar-refractivity contribution in [1.29, 1.82) is 0 Å². The number of piperidine rings is 1. The highest BCUT2D eigenvalue weighted by molar-refractivity contribution is 5.61. The summed E-state index contributed by atoms with van der Waals surface area (Å²) in [6.45, 7) is 6.77. The summed E-state index contributed by atoms with van der Waals surface area (Å²) in [6, 6.07) is 0. The molecule has 2 atom stereocenters. The average molecular weight is 208 g/mol. The van der Waals surface area contributed by atoms with Crippen LogP contribution in [-0.2, 0) is 7.05 Å². The first-order valence-corrected chi connectivity index (χ1v) is 5.62. The summed E-state index contributed by atoms with van der Waals surface area (Å²) in [5, 5.41) is 4.41. The molecule has 0 saturated carbocycles. The van der Waals surface area contributed by atoms with Crippen LogP contribution < -0.4 is 10.6 Å². The van der Waals surface area contributed by atoms with Crippen LogP contribution in [0.2, 0.25) is 0 Å². The van der Waals surface area contributed by atoms with Gasteiger partial charge in [0.25, 0.3) is 0 Å². The molecule has 1 aliphatic heterocycles. The van der Waals surface area contributed by atoms with Crippen molar-refractivity contribution in [1.82, 2.24) is 9.78 Å². The zero-order valence-corrected chi connectivity index (χ0v) is 9.77. The Bertz CT molecular complexity index is 344. The van der Waals surface area contributed by atoms with E-state index in [1.54, 1.807) is 4.68 Å². The lowest BCUT2D eigenvalue weighted by Crippen LogP contribution is -2.39. The van der Waals surface area contributed by atoms with Crippen molar-refractivity contribution in [2.45, 2.75) is 20.3 Å². The molecule has 0 aromatic carbocycles. The molecule has 15 heavy (non-hydrogen) atoms. The molecule has 0 amide bonds. The van der Waals surface area contributed by atoms with E-state index >= 15 is 0 Å². The van der Waals surface area contributed by atoms with Crippen LogP contribution in [0.4, 0.5) is 11.5 Å². The van der Waals surface area contributed by atoms with E-state index in [1.165, 1.54) is 6.42 Å². The van der Waals surface area contributed by atoms with Crippen molar-refractivity contribution in [2.24, 2.45) is 18.9 Å². The Labute approximate surface area is 91.1 Å². The molecule has 2 heterocycles. The molecule has 2 unspecified atom stereocenters. The van der Waals surface area contributed by atoms with Gasteiger partial charge in [-0.2, -0.15) is 5.10 Å². The second kappa shape index (κ2) is 3.76. The summed E-state index contributed by atoms with van der Waals surface area (Å²) in [7, 11) is 1.91. The highest BCUT2D eigenvalue weighted by atomic mass is 15.3. The second-order valence-corrected chi connectivity index (χ2v) is 4.77. The number of aryl methyl sites for hydroxylation is 1. The van der Waals surface area contributed by atoms with Crippen LogP contribution in [0.25, 0.3) is 0 Å². The summed E-state index contributed by atoms with van der Waals surface area (Å²) in [6.07, 6.45) is 3.11.